The summed E-state index contributed by atoms with van der Waals surface area (Å²) in [7, 11) is 0. The van der Waals surface area contributed by atoms with E-state index in [9.17, 15) is 14.7 Å². The van der Waals surface area contributed by atoms with Gasteiger partial charge >= 0.3 is 5.97 Å². The maximum Gasteiger partial charge on any atom is 0.307 e. The summed E-state index contributed by atoms with van der Waals surface area (Å²) in [6, 6.07) is 18.7. The molecule has 4 rings (SSSR count). The Morgan fingerprint density at radius 1 is 0.933 bits per heavy atom. The minimum atomic E-state index is -0.894. The molecule has 0 aliphatic rings. The molecular weight excluding hydrogens is 378 g/mol. The van der Waals surface area contributed by atoms with Crippen LogP contribution in [0.3, 0.4) is 0 Å². The number of carbonyl (C=O) groups is 2. The number of H-pyrrole nitrogens is 1. The van der Waals surface area contributed by atoms with Gasteiger partial charge in [-0.25, -0.2) is 0 Å². The van der Waals surface area contributed by atoms with Crippen LogP contribution >= 0.6 is 0 Å². The Morgan fingerprint density at radius 2 is 1.73 bits per heavy atom. The molecule has 0 atom stereocenters. The van der Waals surface area contributed by atoms with Crippen LogP contribution in [-0.2, 0) is 17.8 Å². The fourth-order valence-corrected chi connectivity index (χ4v) is 3.82. The number of aromatic amines is 1. The molecule has 1 heterocycles. The van der Waals surface area contributed by atoms with Crippen LogP contribution in [0.5, 0.6) is 0 Å². The van der Waals surface area contributed by atoms with E-state index in [0.717, 1.165) is 38.7 Å². The number of carboxylic acid groups (broad SMARTS) is 1. The maximum absolute atomic E-state index is 11.9. The Kier molecular flexibility index (Phi) is 5.08. The number of hydrogen-bond donors (Lipinski definition) is 4. The van der Waals surface area contributed by atoms with Gasteiger partial charge in [0, 0.05) is 34.8 Å². The van der Waals surface area contributed by atoms with E-state index in [1.54, 1.807) is 12.1 Å². The van der Waals surface area contributed by atoms with E-state index in [1.807, 2.05) is 54.7 Å². The lowest BCUT2D eigenvalue weighted by molar-refractivity contribution is -0.136. The van der Waals surface area contributed by atoms with Crippen LogP contribution in [-0.4, -0.2) is 22.0 Å². The lowest BCUT2D eigenvalue weighted by Gasteiger charge is -2.12. The summed E-state index contributed by atoms with van der Waals surface area (Å²) in [6.45, 7) is 0.397. The number of carbonyl (C=O) groups excluding carboxylic acids is 1. The molecule has 0 saturated heterocycles. The van der Waals surface area contributed by atoms with Crippen LogP contribution in [0.1, 0.15) is 21.5 Å². The molecule has 0 spiro atoms. The number of aromatic nitrogens is 1. The molecule has 6 nitrogen and oxygen atoms in total. The van der Waals surface area contributed by atoms with Crippen molar-refractivity contribution in [2.45, 2.75) is 13.0 Å². The van der Waals surface area contributed by atoms with Crippen LogP contribution in [0.15, 0.2) is 66.9 Å². The van der Waals surface area contributed by atoms with Crippen molar-refractivity contribution >= 4 is 22.8 Å². The van der Waals surface area contributed by atoms with Crippen LogP contribution in [0.2, 0.25) is 0 Å². The molecule has 1 aromatic heterocycles. The van der Waals surface area contributed by atoms with E-state index in [4.69, 9.17) is 11.5 Å². The molecule has 0 saturated carbocycles. The highest BCUT2D eigenvalue weighted by molar-refractivity contribution is 6.09. The first-order valence-corrected chi connectivity index (χ1v) is 9.52. The third-order valence-corrected chi connectivity index (χ3v) is 5.19. The standard InChI is InChI=1S/C24H21N3O3/c25-12-14-4-3-6-15(8-14)19-9-17(24(26)30)10-21-23(19)20(13-27-21)18-7-2-1-5-16(18)11-22(28)29/h1-10,13,27H,11-12,25H2,(H2,26,30)(H,28,29). The monoisotopic (exact) mass is 399 g/mol. The van der Waals surface area contributed by atoms with Gasteiger partial charge in [0.1, 0.15) is 0 Å². The van der Waals surface area contributed by atoms with Crippen LogP contribution < -0.4 is 11.5 Å². The Balaban J connectivity index is 2.03. The number of aliphatic carboxylic acids is 1. The molecule has 0 bridgehead atoms. The van der Waals surface area contributed by atoms with E-state index >= 15 is 0 Å². The summed E-state index contributed by atoms with van der Waals surface area (Å²) in [4.78, 5) is 26.5. The summed E-state index contributed by atoms with van der Waals surface area (Å²) in [6.07, 6.45) is 1.76. The van der Waals surface area contributed by atoms with Crippen molar-refractivity contribution in [3.8, 4) is 22.3 Å². The van der Waals surface area contributed by atoms with Gasteiger partial charge in [0.2, 0.25) is 5.91 Å². The summed E-state index contributed by atoms with van der Waals surface area (Å²) >= 11 is 0. The Hall–Kier alpha value is -3.90. The van der Waals surface area contributed by atoms with Gasteiger partial charge in [-0.2, -0.15) is 0 Å². The molecular formula is C24H21N3O3. The summed E-state index contributed by atoms with van der Waals surface area (Å²) in [5.41, 5.74) is 17.6. The third kappa shape index (κ3) is 3.56. The third-order valence-electron chi connectivity index (χ3n) is 5.19. The van der Waals surface area contributed by atoms with Gasteiger partial charge in [0.25, 0.3) is 0 Å². The molecule has 0 aliphatic heterocycles. The zero-order valence-electron chi connectivity index (χ0n) is 16.2. The number of rotatable bonds is 6. The first-order chi connectivity index (χ1) is 14.5. The van der Waals surface area contributed by atoms with Gasteiger partial charge in [0.15, 0.2) is 0 Å². The summed E-state index contributed by atoms with van der Waals surface area (Å²) in [5.74, 6) is -1.41. The molecule has 0 radical (unpaired) electrons. The summed E-state index contributed by atoms with van der Waals surface area (Å²) in [5, 5.41) is 10.2. The van der Waals surface area contributed by atoms with Crippen molar-refractivity contribution in [2.75, 3.05) is 0 Å². The predicted octanol–water partition coefficient (Wildman–Crippen LogP) is 3.69. The molecule has 0 unspecified atom stereocenters. The number of fused-ring (bicyclic) bond motifs is 1. The Bertz CT molecular complexity index is 1270. The zero-order chi connectivity index (χ0) is 21.3. The van der Waals surface area contributed by atoms with Gasteiger partial charge in [0.05, 0.1) is 6.42 Å². The number of nitrogens with two attached hydrogens (primary N) is 2. The minimum absolute atomic E-state index is 0.0831. The van der Waals surface area contributed by atoms with Gasteiger partial charge in [-0.05, 0) is 46.0 Å². The van der Waals surface area contributed by atoms with E-state index in [1.165, 1.54) is 0 Å². The molecule has 150 valence electrons. The minimum Gasteiger partial charge on any atom is -0.481 e. The highest BCUT2D eigenvalue weighted by atomic mass is 16.4. The van der Waals surface area contributed by atoms with Crippen molar-refractivity contribution in [3.63, 3.8) is 0 Å². The SMILES string of the molecule is NCc1cccc(-c2cc(C(N)=O)cc3[nH]cc(-c4ccccc4CC(=O)O)c23)c1. The number of primary amides is 1. The predicted molar refractivity (Wildman–Crippen MR) is 117 cm³/mol. The molecule has 6 N–H and O–H groups in total. The van der Waals surface area contributed by atoms with E-state index in [-0.39, 0.29) is 6.42 Å². The number of hydrogen-bond acceptors (Lipinski definition) is 3. The maximum atomic E-state index is 11.9. The lowest BCUT2D eigenvalue weighted by atomic mass is 9.91. The van der Waals surface area contributed by atoms with Crippen LogP contribution in [0.4, 0.5) is 0 Å². The fraction of sp³-hybridized carbons (Fsp3) is 0.0833. The van der Waals surface area contributed by atoms with Crippen molar-refractivity contribution in [2.24, 2.45) is 11.5 Å². The molecule has 1 amide bonds. The molecule has 6 heteroatoms. The molecule has 0 fully saturated rings. The second-order valence-corrected chi connectivity index (χ2v) is 7.15. The van der Waals surface area contributed by atoms with Gasteiger partial charge in [-0.1, -0.05) is 42.5 Å². The quantitative estimate of drug-likeness (QED) is 0.395. The Labute approximate surface area is 173 Å². The number of nitrogens with one attached hydrogen (secondary N) is 1. The fourth-order valence-electron chi connectivity index (χ4n) is 3.82. The van der Waals surface area contributed by atoms with Gasteiger partial charge in [-0.15, -0.1) is 0 Å². The van der Waals surface area contributed by atoms with E-state index in [0.29, 0.717) is 17.7 Å². The average molecular weight is 399 g/mol. The van der Waals surface area contributed by atoms with Crippen molar-refractivity contribution in [1.82, 2.24) is 4.98 Å². The largest absolute Gasteiger partial charge is 0.481 e. The highest BCUT2D eigenvalue weighted by Gasteiger charge is 2.18. The first-order valence-electron chi connectivity index (χ1n) is 9.52. The highest BCUT2D eigenvalue weighted by Crippen LogP contribution is 2.39. The van der Waals surface area contributed by atoms with Crippen molar-refractivity contribution in [3.05, 3.63) is 83.6 Å². The zero-order valence-corrected chi connectivity index (χ0v) is 16.2. The van der Waals surface area contributed by atoms with Gasteiger partial charge in [-0.3, -0.25) is 9.59 Å². The topological polar surface area (TPSA) is 122 Å². The van der Waals surface area contributed by atoms with E-state index < -0.39 is 11.9 Å². The average Bonchev–Trinajstić information content (AvgIpc) is 3.17. The normalized spacial score (nSPS) is 11.0. The lowest BCUT2D eigenvalue weighted by Crippen LogP contribution is -2.11. The molecule has 30 heavy (non-hydrogen) atoms. The van der Waals surface area contributed by atoms with Crippen molar-refractivity contribution < 1.29 is 14.7 Å². The van der Waals surface area contributed by atoms with Gasteiger partial charge < -0.3 is 21.6 Å². The Morgan fingerprint density at radius 3 is 2.47 bits per heavy atom. The second kappa shape index (κ2) is 7.85. The van der Waals surface area contributed by atoms with Crippen LogP contribution in [0, 0.1) is 0 Å². The smallest absolute Gasteiger partial charge is 0.307 e. The second-order valence-electron chi connectivity index (χ2n) is 7.15. The number of benzene rings is 3. The molecule has 4 aromatic rings. The number of carboxylic acids is 1. The first kappa shape index (κ1) is 19.4. The summed E-state index contributed by atoms with van der Waals surface area (Å²) < 4.78 is 0. The molecule has 3 aromatic carbocycles. The van der Waals surface area contributed by atoms with Crippen molar-refractivity contribution in [1.29, 1.82) is 0 Å². The number of amides is 1. The molecule has 0 aliphatic carbocycles. The van der Waals surface area contributed by atoms with Crippen LogP contribution in [0.25, 0.3) is 33.2 Å². The van der Waals surface area contributed by atoms with E-state index in [2.05, 4.69) is 4.98 Å².